The molecule has 1 amide bonds. The molecule has 1 fully saturated rings. The van der Waals surface area contributed by atoms with Gasteiger partial charge in [0.05, 0.1) is 26.3 Å². The number of benzene rings is 2. The Bertz CT molecular complexity index is 1100. The molecule has 7 heteroatoms. The predicted octanol–water partition coefficient (Wildman–Crippen LogP) is 4.34. The van der Waals surface area contributed by atoms with Gasteiger partial charge in [0.2, 0.25) is 5.91 Å². The molecule has 0 bridgehead atoms. The van der Waals surface area contributed by atoms with Crippen LogP contribution in [-0.4, -0.2) is 56.2 Å². The van der Waals surface area contributed by atoms with E-state index in [2.05, 4.69) is 36.9 Å². The zero-order valence-corrected chi connectivity index (χ0v) is 19.9. The Morgan fingerprint density at radius 1 is 1.03 bits per heavy atom. The van der Waals surface area contributed by atoms with E-state index in [1.165, 1.54) is 28.2 Å². The van der Waals surface area contributed by atoms with Gasteiger partial charge in [0, 0.05) is 42.8 Å². The highest BCUT2D eigenvalue weighted by molar-refractivity contribution is 7.13. The normalized spacial score (nSPS) is 13.9. The van der Waals surface area contributed by atoms with E-state index in [9.17, 15) is 4.79 Å². The molecule has 3 aromatic rings. The van der Waals surface area contributed by atoms with E-state index >= 15 is 0 Å². The van der Waals surface area contributed by atoms with Crippen LogP contribution in [0.4, 0.5) is 5.69 Å². The molecule has 0 atom stereocenters. The van der Waals surface area contributed by atoms with Crippen molar-refractivity contribution in [2.24, 2.45) is 0 Å². The molecule has 4 rings (SSSR count). The molecule has 1 aromatic heterocycles. The largest absolute Gasteiger partial charge is 0.493 e. The third-order valence-electron chi connectivity index (χ3n) is 6.06. The van der Waals surface area contributed by atoms with Gasteiger partial charge in [-0.05, 0) is 49.2 Å². The van der Waals surface area contributed by atoms with Gasteiger partial charge in [0.1, 0.15) is 5.01 Å². The van der Waals surface area contributed by atoms with Gasteiger partial charge in [-0.15, -0.1) is 11.3 Å². The van der Waals surface area contributed by atoms with Crippen molar-refractivity contribution in [2.75, 3.05) is 45.3 Å². The molecule has 32 heavy (non-hydrogen) atoms. The fraction of sp³-hybridized carbons (Fsp3) is 0.360. The number of ether oxygens (including phenoxy) is 2. The van der Waals surface area contributed by atoms with E-state index in [1.807, 2.05) is 28.5 Å². The SMILES string of the molecule is COc1ccc(-c2nc(CC(=O)N3CCN(c4cccc(C)c4C)CC3)cs2)cc1OC. The summed E-state index contributed by atoms with van der Waals surface area (Å²) in [7, 11) is 3.24. The number of amides is 1. The molecule has 0 N–H and O–H groups in total. The van der Waals surface area contributed by atoms with Gasteiger partial charge in [-0.2, -0.15) is 0 Å². The maximum absolute atomic E-state index is 12.9. The highest BCUT2D eigenvalue weighted by atomic mass is 32.1. The number of methoxy groups -OCH3 is 2. The quantitative estimate of drug-likeness (QED) is 0.558. The Balaban J connectivity index is 1.37. The first-order chi connectivity index (χ1) is 15.5. The fourth-order valence-corrected chi connectivity index (χ4v) is 4.85. The summed E-state index contributed by atoms with van der Waals surface area (Å²) in [4.78, 5) is 21.9. The summed E-state index contributed by atoms with van der Waals surface area (Å²) in [5, 5.41) is 2.84. The number of anilines is 1. The number of carbonyl (C=O) groups is 1. The molecule has 0 unspecified atom stereocenters. The number of piperazine rings is 1. The van der Waals surface area contributed by atoms with E-state index < -0.39 is 0 Å². The molecule has 1 aliphatic heterocycles. The van der Waals surface area contributed by atoms with Crippen LogP contribution < -0.4 is 14.4 Å². The van der Waals surface area contributed by atoms with E-state index in [4.69, 9.17) is 14.5 Å². The Morgan fingerprint density at radius 2 is 1.78 bits per heavy atom. The average Bonchev–Trinajstić information content (AvgIpc) is 3.29. The van der Waals surface area contributed by atoms with E-state index in [0.29, 0.717) is 17.9 Å². The van der Waals surface area contributed by atoms with Gasteiger partial charge in [-0.1, -0.05) is 12.1 Å². The molecule has 1 aliphatic rings. The molecular formula is C25H29N3O3S. The summed E-state index contributed by atoms with van der Waals surface area (Å²) in [6, 6.07) is 12.2. The van der Waals surface area contributed by atoms with Crippen LogP contribution in [-0.2, 0) is 11.2 Å². The first kappa shape index (κ1) is 22.1. The Labute approximate surface area is 193 Å². The van der Waals surface area contributed by atoms with Crippen molar-refractivity contribution in [2.45, 2.75) is 20.3 Å². The Kier molecular flexibility index (Phi) is 6.65. The molecule has 168 valence electrons. The number of hydrogen-bond acceptors (Lipinski definition) is 6. The summed E-state index contributed by atoms with van der Waals surface area (Å²) >= 11 is 1.54. The number of aryl methyl sites for hydroxylation is 1. The number of aromatic nitrogens is 1. The summed E-state index contributed by atoms with van der Waals surface area (Å²) in [5.41, 5.74) is 5.65. The van der Waals surface area contributed by atoms with E-state index in [1.54, 1.807) is 14.2 Å². The number of hydrogen-bond donors (Lipinski definition) is 0. The Hall–Kier alpha value is -3.06. The van der Waals surface area contributed by atoms with Crippen LogP contribution in [0.3, 0.4) is 0 Å². The number of thiazole rings is 1. The van der Waals surface area contributed by atoms with Crippen LogP contribution in [0, 0.1) is 13.8 Å². The number of rotatable bonds is 6. The summed E-state index contributed by atoms with van der Waals surface area (Å²) in [6.07, 6.45) is 0.327. The van der Waals surface area contributed by atoms with Crippen molar-refractivity contribution >= 4 is 22.9 Å². The van der Waals surface area contributed by atoms with Gasteiger partial charge in [-0.3, -0.25) is 4.79 Å². The predicted molar refractivity (Wildman–Crippen MR) is 129 cm³/mol. The minimum Gasteiger partial charge on any atom is -0.493 e. The summed E-state index contributed by atoms with van der Waals surface area (Å²) < 4.78 is 10.7. The van der Waals surface area contributed by atoms with Gasteiger partial charge in [0.15, 0.2) is 11.5 Å². The van der Waals surface area contributed by atoms with Gasteiger partial charge >= 0.3 is 0 Å². The van der Waals surface area contributed by atoms with Gasteiger partial charge < -0.3 is 19.3 Å². The molecule has 0 spiro atoms. The van der Waals surface area contributed by atoms with Crippen molar-refractivity contribution in [1.29, 1.82) is 0 Å². The topological polar surface area (TPSA) is 54.9 Å². The zero-order valence-electron chi connectivity index (χ0n) is 19.1. The van der Waals surface area contributed by atoms with Crippen LogP contribution in [0.5, 0.6) is 11.5 Å². The molecule has 0 aliphatic carbocycles. The minimum absolute atomic E-state index is 0.134. The molecule has 1 saturated heterocycles. The van der Waals surface area contributed by atoms with E-state index in [0.717, 1.165) is 42.4 Å². The first-order valence-electron chi connectivity index (χ1n) is 10.8. The second-order valence-electron chi connectivity index (χ2n) is 7.98. The zero-order chi connectivity index (χ0) is 22.7. The van der Waals surface area contributed by atoms with Crippen molar-refractivity contribution < 1.29 is 14.3 Å². The molecular weight excluding hydrogens is 422 g/mol. The Morgan fingerprint density at radius 3 is 2.50 bits per heavy atom. The number of nitrogens with zero attached hydrogens (tertiary/aromatic N) is 3. The van der Waals surface area contributed by atoms with Gasteiger partial charge in [0.25, 0.3) is 0 Å². The lowest BCUT2D eigenvalue weighted by Gasteiger charge is -2.37. The lowest BCUT2D eigenvalue weighted by atomic mass is 10.1. The fourth-order valence-electron chi connectivity index (χ4n) is 4.03. The smallest absolute Gasteiger partial charge is 0.228 e. The molecule has 0 saturated carbocycles. The number of carbonyl (C=O) groups excluding carboxylic acids is 1. The first-order valence-corrected chi connectivity index (χ1v) is 11.6. The maximum atomic E-state index is 12.9. The third kappa shape index (κ3) is 4.58. The molecule has 6 nitrogen and oxygen atoms in total. The standard InChI is InChI=1S/C25H29N3O3S/c1-17-6-5-7-21(18(17)2)27-10-12-28(13-11-27)24(29)15-20-16-32-25(26-20)19-8-9-22(30-3)23(14-19)31-4/h5-9,14,16H,10-13,15H2,1-4H3. The average molecular weight is 452 g/mol. The highest BCUT2D eigenvalue weighted by Crippen LogP contribution is 2.33. The van der Waals surface area contributed by atoms with Crippen molar-refractivity contribution in [3.05, 3.63) is 58.6 Å². The van der Waals surface area contributed by atoms with E-state index in [-0.39, 0.29) is 5.91 Å². The van der Waals surface area contributed by atoms with Crippen LogP contribution in [0.2, 0.25) is 0 Å². The highest BCUT2D eigenvalue weighted by Gasteiger charge is 2.23. The summed E-state index contributed by atoms with van der Waals surface area (Å²) in [5.74, 6) is 1.48. The van der Waals surface area contributed by atoms with Gasteiger partial charge in [-0.25, -0.2) is 4.98 Å². The molecule has 0 radical (unpaired) electrons. The maximum Gasteiger partial charge on any atom is 0.228 e. The minimum atomic E-state index is 0.134. The van der Waals surface area contributed by atoms with Crippen LogP contribution in [0.25, 0.3) is 10.6 Å². The second-order valence-corrected chi connectivity index (χ2v) is 8.84. The molecule has 2 heterocycles. The lowest BCUT2D eigenvalue weighted by molar-refractivity contribution is -0.130. The molecule has 2 aromatic carbocycles. The van der Waals surface area contributed by atoms with Crippen LogP contribution in [0.15, 0.2) is 41.8 Å². The lowest BCUT2D eigenvalue weighted by Crippen LogP contribution is -2.49. The van der Waals surface area contributed by atoms with Crippen molar-refractivity contribution in [3.8, 4) is 22.1 Å². The monoisotopic (exact) mass is 451 g/mol. The third-order valence-corrected chi connectivity index (χ3v) is 7.00. The summed E-state index contributed by atoms with van der Waals surface area (Å²) in [6.45, 7) is 7.48. The van der Waals surface area contributed by atoms with Crippen LogP contribution >= 0.6 is 11.3 Å². The van der Waals surface area contributed by atoms with Crippen LogP contribution in [0.1, 0.15) is 16.8 Å². The van der Waals surface area contributed by atoms with Crippen molar-refractivity contribution in [3.63, 3.8) is 0 Å². The van der Waals surface area contributed by atoms with Crippen molar-refractivity contribution in [1.82, 2.24) is 9.88 Å². The second kappa shape index (κ2) is 9.61.